The van der Waals surface area contributed by atoms with E-state index in [0.29, 0.717) is 5.69 Å². The molecular weight excluding hydrogens is 267 g/mol. The van der Waals surface area contributed by atoms with Crippen molar-refractivity contribution in [2.24, 2.45) is 0 Å². The van der Waals surface area contributed by atoms with Crippen molar-refractivity contribution >= 4 is 5.69 Å². The van der Waals surface area contributed by atoms with Gasteiger partial charge in [-0.15, -0.1) is 0 Å². The molecule has 0 fully saturated rings. The average molecular weight is 281 g/mol. The Labute approximate surface area is 114 Å². The Morgan fingerprint density at radius 3 is 2.60 bits per heavy atom. The molecule has 3 rings (SSSR count). The van der Waals surface area contributed by atoms with Crippen LogP contribution in [0.4, 0.5) is 18.9 Å². The summed E-state index contributed by atoms with van der Waals surface area (Å²) in [5.74, 6) is 0. The second-order valence-corrected chi connectivity index (χ2v) is 4.99. The lowest BCUT2D eigenvalue weighted by molar-refractivity contribution is -0.137. The highest BCUT2D eigenvalue weighted by Gasteiger charge is 2.31. The number of nitrogens with zero attached hydrogens (tertiary/aromatic N) is 2. The number of alkyl halides is 3. The monoisotopic (exact) mass is 281 g/mol. The number of halogens is 3. The molecule has 0 amide bonds. The maximum Gasteiger partial charge on any atom is 0.416 e. The van der Waals surface area contributed by atoms with E-state index in [0.717, 1.165) is 49.2 Å². The SMILES string of the molecule is Nc1cc(C(F)(F)F)ccc1-n1cnc2c1CCCC2. The highest BCUT2D eigenvalue weighted by Crippen LogP contribution is 2.33. The molecule has 1 heterocycles. The number of nitrogens with two attached hydrogens (primary N) is 1. The van der Waals surface area contributed by atoms with E-state index in [-0.39, 0.29) is 5.69 Å². The van der Waals surface area contributed by atoms with Gasteiger partial charge in [0.05, 0.1) is 29.0 Å². The maximum absolute atomic E-state index is 12.6. The molecule has 0 aliphatic heterocycles. The zero-order chi connectivity index (χ0) is 14.3. The topological polar surface area (TPSA) is 43.8 Å². The summed E-state index contributed by atoms with van der Waals surface area (Å²) in [7, 11) is 0. The number of anilines is 1. The largest absolute Gasteiger partial charge is 0.416 e. The first-order valence-corrected chi connectivity index (χ1v) is 6.49. The van der Waals surface area contributed by atoms with Crippen LogP contribution in [-0.4, -0.2) is 9.55 Å². The Balaban J connectivity index is 2.05. The van der Waals surface area contributed by atoms with Crippen LogP contribution >= 0.6 is 0 Å². The normalized spacial score (nSPS) is 15.2. The highest BCUT2D eigenvalue weighted by molar-refractivity contribution is 5.60. The molecule has 0 bridgehead atoms. The van der Waals surface area contributed by atoms with Crippen LogP contribution in [0.3, 0.4) is 0 Å². The van der Waals surface area contributed by atoms with E-state index in [1.807, 2.05) is 4.57 Å². The molecule has 1 aliphatic rings. The predicted octanol–water partition coefficient (Wildman–Crippen LogP) is 3.35. The summed E-state index contributed by atoms with van der Waals surface area (Å²) in [5, 5.41) is 0. The molecular formula is C14H14F3N3. The average Bonchev–Trinajstić information content (AvgIpc) is 2.81. The Morgan fingerprint density at radius 2 is 1.90 bits per heavy atom. The minimum Gasteiger partial charge on any atom is -0.397 e. The predicted molar refractivity (Wildman–Crippen MR) is 69.6 cm³/mol. The molecule has 0 saturated heterocycles. The summed E-state index contributed by atoms with van der Waals surface area (Å²) in [6, 6.07) is 3.44. The first-order valence-electron chi connectivity index (χ1n) is 6.49. The van der Waals surface area contributed by atoms with Crippen molar-refractivity contribution < 1.29 is 13.2 Å². The fourth-order valence-corrected chi connectivity index (χ4v) is 2.63. The van der Waals surface area contributed by atoms with E-state index in [1.54, 1.807) is 6.33 Å². The quantitative estimate of drug-likeness (QED) is 0.815. The summed E-state index contributed by atoms with van der Waals surface area (Å²) in [6.07, 6.45) is 1.25. The van der Waals surface area contributed by atoms with Gasteiger partial charge in [0.2, 0.25) is 0 Å². The van der Waals surface area contributed by atoms with Gasteiger partial charge in [-0.25, -0.2) is 4.98 Å². The Bertz CT molecular complexity index is 644. The second-order valence-electron chi connectivity index (χ2n) is 4.99. The first kappa shape index (κ1) is 13.0. The molecule has 1 aliphatic carbocycles. The lowest BCUT2D eigenvalue weighted by Crippen LogP contribution is -2.10. The number of hydrogen-bond acceptors (Lipinski definition) is 2. The highest BCUT2D eigenvalue weighted by atomic mass is 19.4. The molecule has 3 nitrogen and oxygen atoms in total. The van der Waals surface area contributed by atoms with Crippen molar-refractivity contribution in [2.45, 2.75) is 31.9 Å². The molecule has 20 heavy (non-hydrogen) atoms. The Kier molecular flexibility index (Phi) is 2.96. The maximum atomic E-state index is 12.6. The van der Waals surface area contributed by atoms with Crippen molar-refractivity contribution in [2.75, 3.05) is 5.73 Å². The lowest BCUT2D eigenvalue weighted by atomic mass is 10.0. The number of fused-ring (bicyclic) bond motifs is 1. The summed E-state index contributed by atoms with van der Waals surface area (Å²) < 4.78 is 39.7. The van der Waals surface area contributed by atoms with Crippen molar-refractivity contribution in [3.05, 3.63) is 41.5 Å². The fraction of sp³-hybridized carbons (Fsp3) is 0.357. The van der Waals surface area contributed by atoms with Gasteiger partial charge in [0, 0.05) is 5.69 Å². The standard InChI is InChI=1S/C14H14F3N3/c15-14(16,17)9-5-6-12(10(18)7-9)20-8-19-11-3-1-2-4-13(11)20/h5-8H,1-4,18H2. The van der Waals surface area contributed by atoms with E-state index in [9.17, 15) is 13.2 Å². The van der Waals surface area contributed by atoms with Gasteiger partial charge in [-0.1, -0.05) is 0 Å². The minimum atomic E-state index is -4.37. The van der Waals surface area contributed by atoms with Crippen molar-refractivity contribution in [1.82, 2.24) is 9.55 Å². The third-order valence-electron chi connectivity index (χ3n) is 3.64. The molecule has 0 atom stereocenters. The van der Waals surface area contributed by atoms with Gasteiger partial charge < -0.3 is 10.3 Å². The van der Waals surface area contributed by atoms with Gasteiger partial charge in [0.25, 0.3) is 0 Å². The van der Waals surface area contributed by atoms with Gasteiger partial charge >= 0.3 is 6.18 Å². The minimum absolute atomic E-state index is 0.116. The van der Waals surface area contributed by atoms with Gasteiger partial charge in [0.1, 0.15) is 0 Å². The molecule has 106 valence electrons. The van der Waals surface area contributed by atoms with Crippen LogP contribution in [0.1, 0.15) is 29.8 Å². The third-order valence-corrected chi connectivity index (χ3v) is 3.64. The molecule has 0 unspecified atom stereocenters. The Morgan fingerprint density at radius 1 is 1.15 bits per heavy atom. The molecule has 0 saturated carbocycles. The van der Waals surface area contributed by atoms with E-state index >= 15 is 0 Å². The van der Waals surface area contributed by atoms with Crippen LogP contribution in [0.2, 0.25) is 0 Å². The number of aryl methyl sites for hydroxylation is 1. The fourth-order valence-electron chi connectivity index (χ4n) is 2.63. The van der Waals surface area contributed by atoms with Gasteiger partial charge in [-0.05, 0) is 43.9 Å². The van der Waals surface area contributed by atoms with Crippen molar-refractivity contribution in [3.63, 3.8) is 0 Å². The number of rotatable bonds is 1. The molecule has 0 spiro atoms. The van der Waals surface area contributed by atoms with Crippen LogP contribution < -0.4 is 5.73 Å². The molecule has 1 aromatic heterocycles. The number of nitrogen functional groups attached to an aromatic ring is 1. The Hall–Kier alpha value is -1.98. The first-order chi connectivity index (χ1) is 9.47. The van der Waals surface area contributed by atoms with Gasteiger partial charge in [0.15, 0.2) is 0 Å². The van der Waals surface area contributed by atoms with E-state index in [1.165, 1.54) is 6.07 Å². The van der Waals surface area contributed by atoms with Crippen LogP contribution in [0.15, 0.2) is 24.5 Å². The second kappa shape index (κ2) is 4.54. The van der Waals surface area contributed by atoms with E-state index < -0.39 is 11.7 Å². The molecule has 2 aromatic rings. The van der Waals surface area contributed by atoms with Gasteiger partial charge in [-0.3, -0.25) is 0 Å². The molecule has 2 N–H and O–H groups in total. The molecule has 0 radical (unpaired) electrons. The van der Waals surface area contributed by atoms with E-state index in [2.05, 4.69) is 4.98 Å². The van der Waals surface area contributed by atoms with Crippen LogP contribution in [0.25, 0.3) is 5.69 Å². The van der Waals surface area contributed by atoms with Crippen molar-refractivity contribution in [3.8, 4) is 5.69 Å². The molecule has 1 aromatic carbocycles. The summed E-state index contributed by atoms with van der Waals surface area (Å²) in [6.45, 7) is 0. The number of hydrogen-bond donors (Lipinski definition) is 1. The van der Waals surface area contributed by atoms with E-state index in [4.69, 9.17) is 5.73 Å². The summed E-state index contributed by atoms with van der Waals surface area (Å²) in [4.78, 5) is 4.33. The lowest BCUT2D eigenvalue weighted by Gasteiger charge is -2.16. The summed E-state index contributed by atoms with van der Waals surface area (Å²) in [5.41, 5.74) is 7.83. The van der Waals surface area contributed by atoms with Crippen LogP contribution in [0.5, 0.6) is 0 Å². The van der Waals surface area contributed by atoms with Crippen LogP contribution in [0, 0.1) is 0 Å². The zero-order valence-corrected chi connectivity index (χ0v) is 10.7. The van der Waals surface area contributed by atoms with Crippen molar-refractivity contribution in [1.29, 1.82) is 0 Å². The number of aromatic nitrogens is 2. The number of benzene rings is 1. The number of imidazole rings is 1. The third kappa shape index (κ3) is 2.15. The zero-order valence-electron chi connectivity index (χ0n) is 10.7. The van der Waals surface area contributed by atoms with Crippen LogP contribution in [-0.2, 0) is 19.0 Å². The smallest absolute Gasteiger partial charge is 0.397 e. The molecule has 6 heteroatoms. The summed E-state index contributed by atoms with van der Waals surface area (Å²) >= 11 is 0. The van der Waals surface area contributed by atoms with Gasteiger partial charge in [-0.2, -0.15) is 13.2 Å².